The van der Waals surface area contributed by atoms with Crippen molar-refractivity contribution in [1.29, 1.82) is 0 Å². The Balaban J connectivity index is 1.93. The standard InChI is InChI=1S/C20H22O4/c1-4-9-23-14-7-5-13(6-8-14)15-10-18(22)24-17-12-20(2,3)11-16(21)19(15)17/h4-8,15H,1,9-12H2,2-3H3/t15-/m1/s1. The highest BCUT2D eigenvalue weighted by Gasteiger charge is 2.42. The molecule has 0 spiro atoms. The Morgan fingerprint density at radius 1 is 1.25 bits per heavy atom. The van der Waals surface area contributed by atoms with E-state index in [1.165, 1.54) is 0 Å². The minimum absolute atomic E-state index is 0.0886. The van der Waals surface area contributed by atoms with Crippen LogP contribution in [0.3, 0.4) is 0 Å². The molecular weight excluding hydrogens is 304 g/mol. The second-order valence-corrected chi connectivity index (χ2v) is 7.18. The van der Waals surface area contributed by atoms with Crippen molar-refractivity contribution in [2.75, 3.05) is 6.61 Å². The van der Waals surface area contributed by atoms with Crippen LogP contribution in [0.4, 0.5) is 0 Å². The van der Waals surface area contributed by atoms with Gasteiger partial charge in [-0.2, -0.15) is 0 Å². The predicted molar refractivity (Wildman–Crippen MR) is 90.6 cm³/mol. The van der Waals surface area contributed by atoms with Gasteiger partial charge < -0.3 is 9.47 Å². The van der Waals surface area contributed by atoms with Crippen LogP contribution < -0.4 is 4.74 Å². The molecule has 1 heterocycles. The van der Waals surface area contributed by atoms with Crippen LogP contribution in [0, 0.1) is 5.41 Å². The van der Waals surface area contributed by atoms with E-state index in [0.717, 1.165) is 11.3 Å². The lowest BCUT2D eigenvalue weighted by molar-refractivity contribution is -0.142. The summed E-state index contributed by atoms with van der Waals surface area (Å²) < 4.78 is 10.9. The molecule has 4 heteroatoms. The molecule has 0 saturated heterocycles. The Morgan fingerprint density at radius 2 is 1.96 bits per heavy atom. The number of carbonyl (C=O) groups excluding carboxylic acids is 2. The fraction of sp³-hybridized carbons (Fsp3) is 0.400. The molecule has 0 radical (unpaired) electrons. The van der Waals surface area contributed by atoms with Crippen LogP contribution in [0.5, 0.6) is 5.75 Å². The quantitative estimate of drug-likeness (QED) is 0.621. The van der Waals surface area contributed by atoms with E-state index < -0.39 is 0 Å². The van der Waals surface area contributed by atoms with Crippen LogP contribution in [0.2, 0.25) is 0 Å². The van der Waals surface area contributed by atoms with Gasteiger partial charge in [0.05, 0.1) is 6.42 Å². The van der Waals surface area contributed by atoms with Crippen LogP contribution in [0.1, 0.15) is 44.6 Å². The average molecular weight is 326 g/mol. The van der Waals surface area contributed by atoms with Gasteiger partial charge in [-0.3, -0.25) is 9.59 Å². The molecule has 1 aliphatic carbocycles. The van der Waals surface area contributed by atoms with Gasteiger partial charge in [0.2, 0.25) is 0 Å². The summed E-state index contributed by atoms with van der Waals surface area (Å²) in [6, 6.07) is 7.55. The Morgan fingerprint density at radius 3 is 2.62 bits per heavy atom. The average Bonchev–Trinajstić information content (AvgIpc) is 2.51. The minimum Gasteiger partial charge on any atom is -0.490 e. The molecule has 24 heavy (non-hydrogen) atoms. The summed E-state index contributed by atoms with van der Waals surface area (Å²) in [5, 5.41) is 0. The molecule has 0 N–H and O–H groups in total. The molecule has 0 aromatic heterocycles. The number of esters is 1. The number of ketones is 1. The zero-order valence-corrected chi connectivity index (χ0v) is 14.1. The first kappa shape index (κ1) is 16.5. The third kappa shape index (κ3) is 3.28. The molecule has 4 nitrogen and oxygen atoms in total. The van der Waals surface area contributed by atoms with Gasteiger partial charge in [0, 0.05) is 24.3 Å². The fourth-order valence-corrected chi connectivity index (χ4v) is 3.44. The normalized spacial score (nSPS) is 22.7. The van der Waals surface area contributed by atoms with E-state index in [4.69, 9.17) is 9.47 Å². The number of allylic oxidation sites excluding steroid dienone is 2. The Hall–Kier alpha value is -2.36. The SMILES string of the molecule is C=CCOc1ccc([C@H]2CC(=O)OC3=C2C(=O)CC(C)(C)C3)cc1. The number of benzene rings is 1. The van der Waals surface area contributed by atoms with Crippen molar-refractivity contribution in [1.82, 2.24) is 0 Å². The second-order valence-electron chi connectivity index (χ2n) is 7.18. The number of hydrogen-bond acceptors (Lipinski definition) is 4. The molecular formula is C20H22O4. The van der Waals surface area contributed by atoms with E-state index in [0.29, 0.717) is 30.8 Å². The van der Waals surface area contributed by atoms with E-state index in [1.807, 2.05) is 38.1 Å². The largest absolute Gasteiger partial charge is 0.490 e. The van der Waals surface area contributed by atoms with Crippen molar-refractivity contribution < 1.29 is 19.1 Å². The predicted octanol–water partition coefficient (Wildman–Crippen LogP) is 3.93. The molecule has 3 rings (SSSR count). The van der Waals surface area contributed by atoms with Crippen LogP contribution >= 0.6 is 0 Å². The smallest absolute Gasteiger partial charge is 0.311 e. The van der Waals surface area contributed by atoms with Gasteiger partial charge in [0.15, 0.2) is 5.78 Å². The zero-order valence-electron chi connectivity index (χ0n) is 14.1. The van der Waals surface area contributed by atoms with Crippen molar-refractivity contribution in [3.05, 3.63) is 53.8 Å². The molecule has 1 atom stereocenters. The van der Waals surface area contributed by atoms with Crippen molar-refractivity contribution in [3.63, 3.8) is 0 Å². The highest BCUT2D eigenvalue weighted by atomic mass is 16.5. The highest BCUT2D eigenvalue weighted by molar-refractivity contribution is 6.00. The molecule has 2 aliphatic rings. The van der Waals surface area contributed by atoms with Gasteiger partial charge in [-0.15, -0.1) is 0 Å². The molecule has 1 aliphatic heterocycles. The van der Waals surface area contributed by atoms with E-state index >= 15 is 0 Å². The first-order valence-electron chi connectivity index (χ1n) is 8.20. The van der Waals surface area contributed by atoms with E-state index in [2.05, 4.69) is 6.58 Å². The second kappa shape index (κ2) is 6.27. The maximum atomic E-state index is 12.7. The van der Waals surface area contributed by atoms with E-state index in [-0.39, 0.29) is 29.5 Å². The van der Waals surface area contributed by atoms with Gasteiger partial charge in [-0.25, -0.2) is 0 Å². The summed E-state index contributed by atoms with van der Waals surface area (Å²) in [5.74, 6) is 0.895. The van der Waals surface area contributed by atoms with Crippen LogP contribution in [-0.4, -0.2) is 18.4 Å². The number of rotatable bonds is 4. The van der Waals surface area contributed by atoms with Gasteiger partial charge in [0.25, 0.3) is 0 Å². The van der Waals surface area contributed by atoms with Gasteiger partial charge in [0.1, 0.15) is 18.1 Å². The highest BCUT2D eigenvalue weighted by Crippen LogP contribution is 2.45. The lowest BCUT2D eigenvalue weighted by atomic mass is 9.71. The number of carbonyl (C=O) groups is 2. The number of hydrogen-bond donors (Lipinski definition) is 0. The summed E-state index contributed by atoms with van der Waals surface area (Å²) in [5.41, 5.74) is 1.45. The molecule has 126 valence electrons. The van der Waals surface area contributed by atoms with Gasteiger partial charge in [-0.05, 0) is 23.1 Å². The van der Waals surface area contributed by atoms with Crippen molar-refractivity contribution in [3.8, 4) is 5.75 Å². The van der Waals surface area contributed by atoms with Gasteiger partial charge in [-0.1, -0.05) is 38.6 Å². The van der Waals surface area contributed by atoms with Crippen LogP contribution in [0.25, 0.3) is 0 Å². The molecule has 1 aromatic carbocycles. The lowest BCUT2D eigenvalue weighted by Crippen LogP contribution is -2.33. The molecule has 0 amide bonds. The van der Waals surface area contributed by atoms with Gasteiger partial charge >= 0.3 is 5.97 Å². The van der Waals surface area contributed by atoms with Crippen LogP contribution in [0.15, 0.2) is 48.3 Å². The lowest BCUT2D eigenvalue weighted by Gasteiger charge is -2.36. The fourth-order valence-electron chi connectivity index (χ4n) is 3.44. The Bertz CT molecular complexity index is 710. The number of ether oxygens (including phenoxy) is 2. The third-order valence-corrected chi connectivity index (χ3v) is 4.49. The topological polar surface area (TPSA) is 52.6 Å². The molecule has 0 unspecified atom stereocenters. The monoisotopic (exact) mass is 326 g/mol. The Kier molecular flexibility index (Phi) is 4.31. The van der Waals surface area contributed by atoms with Crippen molar-refractivity contribution in [2.24, 2.45) is 5.41 Å². The molecule has 1 aromatic rings. The maximum absolute atomic E-state index is 12.7. The van der Waals surface area contributed by atoms with Crippen molar-refractivity contribution >= 4 is 11.8 Å². The molecule has 0 fully saturated rings. The van der Waals surface area contributed by atoms with E-state index in [1.54, 1.807) is 6.08 Å². The molecule has 0 saturated carbocycles. The first-order chi connectivity index (χ1) is 11.4. The van der Waals surface area contributed by atoms with E-state index in [9.17, 15) is 9.59 Å². The maximum Gasteiger partial charge on any atom is 0.311 e. The summed E-state index contributed by atoms with van der Waals surface area (Å²) in [6.45, 7) is 8.11. The minimum atomic E-state index is -0.267. The number of Topliss-reactive ketones (excluding diaryl/α,β-unsaturated/α-hetero) is 1. The third-order valence-electron chi connectivity index (χ3n) is 4.49. The summed E-state index contributed by atoms with van der Waals surface area (Å²) in [4.78, 5) is 24.7. The summed E-state index contributed by atoms with van der Waals surface area (Å²) in [6.07, 6.45) is 3.00. The molecule has 0 bridgehead atoms. The first-order valence-corrected chi connectivity index (χ1v) is 8.20. The summed E-state index contributed by atoms with van der Waals surface area (Å²) in [7, 11) is 0. The van der Waals surface area contributed by atoms with Crippen LogP contribution in [-0.2, 0) is 14.3 Å². The Labute approximate surface area is 142 Å². The van der Waals surface area contributed by atoms with Crippen molar-refractivity contribution in [2.45, 2.75) is 39.0 Å². The summed E-state index contributed by atoms with van der Waals surface area (Å²) >= 11 is 0. The zero-order chi connectivity index (χ0) is 17.3.